The smallest absolute Gasteiger partial charge is 0.296 e. The number of aromatic nitrogens is 4. The van der Waals surface area contributed by atoms with Crippen molar-refractivity contribution in [1.82, 2.24) is 29.7 Å². The zero-order valence-corrected chi connectivity index (χ0v) is 20.5. The summed E-state index contributed by atoms with van der Waals surface area (Å²) in [4.78, 5) is 32.3. The highest BCUT2D eigenvalue weighted by atomic mass is 19.3. The highest BCUT2D eigenvalue weighted by molar-refractivity contribution is 5.79. The number of anilines is 2. The van der Waals surface area contributed by atoms with Crippen molar-refractivity contribution in [3.8, 4) is 5.95 Å². The van der Waals surface area contributed by atoms with Crippen LogP contribution in [0.15, 0.2) is 30.3 Å². The van der Waals surface area contributed by atoms with Gasteiger partial charge in [-0.2, -0.15) is 9.97 Å². The number of hydrogen-bond acceptors (Lipinski definition) is 8. The lowest BCUT2D eigenvalue weighted by atomic mass is 10.3. The summed E-state index contributed by atoms with van der Waals surface area (Å²) in [6.07, 6.45) is -0.505. The van der Waals surface area contributed by atoms with Crippen LogP contribution < -0.4 is 15.1 Å². The monoisotopic (exact) mass is 512 g/mol. The molecule has 2 aliphatic heterocycles. The van der Waals surface area contributed by atoms with E-state index in [9.17, 15) is 13.6 Å². The molecule has 1 N–H and O–H groups in total. The Labute approximate surface area is 213 Å². The van der Waals surface area contributed by atoms with Crippen molar-refractivity contribution in [3.05, 3.63) is 36.2 Å². The molecule has 196 valence electrons. The van der Waals surface area contributed by atoms with Gasteiger partial charge >= 0.3 is 0 Å². The molecule has 3 aliphatic rings. The van der Waals surface area contributed by atoms with Crippen LogP contribution in [0.25, 0.3) is 17.0 Å². The number of ether oxygens (including phenoxy) is 1. The molecule has 3 fully saturated rings. The number of imidazole rings is 1. The number of carbonyl (C=O) groups excluding carboxylic acids is 1. The predicted octanol–water partition coefficient (Wildman–Crippen LogP) is 1.99. The van der Waals surface area contributed by atoms with Crippen LogP contribution in [0.4, 0.5) is 20.4 Å². The summed E-state index contributed by atoms with van der Waals surface area (Å²) in [5, 5.41) is 3.28. The van der Waals surface area contributed by atoms with Crippen molar-refractivity contribution < 1.29 is 18.3 Å². The van der Waals surface area contributed by atoms with E-state index in [1.165, 1.54) is 4.57 Å². The van der Waals surface area contributed by atoms with Gasteiger partial charge in [-0.1, -0.05) is 12.1 Å². The summed E-state index contributed by atoms with van der Waals surface area (Å²) in [5.41, 5.74) is 0.994. The van der Waals surface area contributed by atoms with E-state index in [1.807, 2.05) is 11.0 Å². The molecular weight excluding hydrogens is 482 g/mol. The van der Waals surface area contributed by atoms with Gasteiger partial charge in [0.05, 0.1) is 30.8 Å². The van der Waals surface area contributed by atoms with Crippen LogP contribution in [0.2, 0.25) is 0 Å². The van der Waals surface area contributed by atoms with Crippen molar-refractivity contribution in [3.63, 3.8) is 0 Å². The Kier molecular flexibility index (Phi) is 6.59. The minimum Gasteiger partial charge on any atom is -0.378 e. The molecule has 12 heteroatoms. The largest absolute Gasteiger partial charge is 0.378 e. The fraction of sp³-hybridized carbons (Fsp3) is 0.520. The maximum Gasteiger partial charge on any atom is 0.296 e. The Morgan fingerprint density at radius 3 is 2.32 bits per heavy atom. The molecule has 1 aliphatic carbocycles. The van der Waals surface area contributed by atoms with Gasteiger partial charge in [0.1, 0.15) is 11.6 Å². The third kappa shape index (κ3) is 5.08. The number of benzene rings is 1. The van der Waals surface area contributed by atoms with Gasteiger partial charge in [0.25, 0.3) is 6.43 Å². The normalized spacial score (nSPS) is 18.7. The third-order valence-electron chi connectivity index (χ3n) is 7.08. The first-order valence-electron chi connectivity index (χ1n) is 12.8. The number of rotatable bonds is 7. The number of amides is 1. The van der Waals surface area contributed by atoms with Crippen molar-refractivity contribution in [2.45, 2.75) is 25.3 Å². The molecule has 1 aromatic carbocycles. The molecule has 10 nitrogen and oxygen atoms in total. The molecule has 37 heavy (non-hydrogen) atoms. The van der Waals surface area contributed by atoms with E-state index in [0.29, 0.717) is 87.7 Å². The highest BCUT2D eigenvalue weighted by Crippen LogP contribution is 2.29. The Morgan fingerprint density at radius 1 is 0.973 bits per heavy atom. The van der Waals surface area contributed by atoms with Crippen LogP contribution in [0.1, 0.15) is 25.1 Å². The Balaban J connectivity index is 1.32. The number of morpholine rings is 1. The summed E-state index contributed by atoms with van der Waals surface area (Å²) in [5.74, 6) is 1.19. The number of para-hydroxylation sites is 2. The van der Waals surface area contributed by atoms with Gasteiger partial charge in [-0.15, -0.1) is 0 Å². The number of piperazine rings is 1. The first-order valence-corrected chi connectivity index (χ1v) is 12.8. The maximum atomic E-state index is 14.1. The van der Waals surface area contributed by atoms with E-state index in [-0.39, 0.29) is 17.7 Å². The van der Waals surface area contributed by atoms with Gasteiger partial charge in [0.15, 0.2) is 5.82 Å². The molecule has 3 aromatic rings. The second-order valence-electron chi connectivity index (χ2n) is 9.60. The molecule has 1 saturated carbocycles. The van der Waals surface area contributed by atoms with Crippen LogP contribution in [0.3, 0.4) is 0 Å². The van der Waals surface area contributed by atoms with Gasteiger partial charge in [-0.25, -0.2) is 13.8 Å². The minimum atomic E-state index is -2.79. The molecule has 0 bridgehead atoms. The molecule has 4 heterocycles. The molecule has 0 radical (unpaired) electrons. The molecule has 2 saturated heterocycles. The van der Waals surface area contributed by atoms with Crippen molar-refractivity contribution in [1.29, 1.82) is 0 Å². The minimum absolute atomic E-state index is 0.107. The fourth-order valence-electron chi connectivity index (χ4n) is 4.84. The van der Waals surface area contributed by atoms with E-state index in [0.717, 1.165) is 12.8 Å². The van der Waals surface area contributed by atoms with Crippen LogP contribution in [0.5, 0.6) is 0 Å². The number of halogens is 2. The van der Waals surface area contributed by atoms with E-state index < -0.39 is 6.43 Å². The van der Waals surface area contributed by atoms with Gasteiger partial charge in [0.2, 0.25) is 11.9 Å². The standard InChI is InChI=1S/C25H30F2N8O2/c26-23(27)24-29-18-3-1-2-4-19(18)35(24)25-30-20(15-21(31-25)33-11-13-37-14-12-33)32-7-9-34(10-8-32)22(36)16-28-17-5-6-17/h1-4,15,17,23,28H,5-14,16H2. The summed E-state index contributed by atoms with van der Waals surface area (Å²) in [7, 11) is 0. The van der Waals surface area contributed by atoms with Crippen LogP contribution >= 0.6 is 0 Å². The number of alkyl halides is 2. The van der Waals surface area contributed by atoms with Gasteiger partial charge in [-0.3, -0.25) is 9.36 Å². The van der Waals surface area contributed by atoms with E-state index >= 15 is 0 Å². The number of hydrogen-bond donors (Lipinski definition) is 1. The summed E-state index contributed by atoms with van der Waals surface area (Å²) < 4.78 is 35.0. The van der Waals surface area contributed by atoms with Gasteiger partial charge < -0.3 is 24.8 Å². The van der Waals surface area contributed by atoms with E-state index in [1.54, 1.807) is 24.3 Å². The number of nitrogens with one attached hydrogen (secondary N) is 1. The summed E-state index contributed by atoms with van der Waals surface area (Å²) in [6, 6.07) is 9.41. The number of carbonyl (C=O) groups is 1. The number of nitrogens with zero attached hydrogens (tertiary/aromatic N) is 7. The lowest BCUT2D eigenvalue weighted by molar-refractivity contribution is -0.130. The van der Waals surface area contributed by atoms with Crippen LogP contribution in [-0.4, -0.2) is 95.4 Å². The molecule has 1 amide bonds. The van der Waals surface area contributed by atoms with Crippen LogP contribution in [0, 0.1) is 0 Å². The molecule has 0 spiro atoms. The fourth-order valence-corrected chi connectivity index (χ4v) is 4.84. The van der Waals surface area contributed by atoms with Gasteiger partial charge in [-0.05, 0) is 25.0 Å². The average molecular weight is 513 g/mol. The summed E-state index contributed by atoms with van der Waals surface area (Å²) in [6.45, 7) is 5.16. The van der Waals surface area contributed by atoms with Crippen molar-refractivity contribution in [2.24, 2.45) is 0 Å². The lowest BCUT2D eigenvalue weighted by Crippen LogP contribution is -2.51. The zero-order valence-electron chi connectivity index (χ0n) is 20.5. The average Bonchev–Trinajstić information content (AvgIpc) is 3.69. The van der Waals surface area contributed by atoms with Crippen LogP contribution in [-0.2, 0) is 9.53 Å². The molecule has 2 aromatic heterocycles. The quantitative estimate of drug-likeness (QED) is 0.514. The van der Waals surface area contributed by atoms with Crippen molar-refractivity contribution in [2.75, 3.05) is 68.8 Å². The Bertz CT molecular complexity index is 1270. The zero-order chi connectivity index (χ0) is 25.4. The predicted molar refractivity (Wildman–Crippen MR) is 134 cm³/mol. The second-order valence-corrected chi connectivity index (χ2v) is 9.60. The Morgan fingerprint density at radius 2 is 1.65 bits per heavy atom. The molecular formula is C25H30F2N8O2. The van der Waals surface area contributed by atoms with E-state index in [4.69, 9.17) is 14.7 Å². The Hall–Kier alpha value is -3.38. The maximum absolute atomic E-state index is 14.1. The second kappa shape index (κ2) is 10.2. The molecule has 6 rings (SSSR count). The highest BCUT2D eigenvalue weighted by Gasteiger charge is 2.28. The SMILES string of the molecule is O=C(CNC1CC1)N1CCN(c2cc(N3CCOCC3)nc(-n3c(C(F)F)nc4ccccc43)n2)CC1. The molecule has 0 unspecified atom stereocenters. The first-order chi connectivity index (χ1) is 18.1. The van der Waals surface area contributed by atoms with Gasteiger partial charge in [0, 0.05) is 51.4 Å². The first kappa shape index (κ1) is 24.0. The molecule has 0 atom stereocenters. The third-order valence-corrected chi connectivity index (χ3v) is 7.08. The van der Waals surface area contributed by atoms with Crippen molar-refractivity contribution >= 4 is 28.6 Å². The topological polar surface area (TPSA) is 91.7 Å². The number of fused-ring (bicyclic) bond motifs is 1. The summed E-state index contributed by atoms with van der Waals surface area (Å²) >= 11 is 0. The lowest BCUT2D eigenvalue weighted by Gasteiger charge is -2.36. The van der Waals surface area contributed by atoms with E-state index in [2.05, 4.69) is 20.1 Å².